The number of nitrogens with zero attached hydrogens (tertiary/aromatic N) is 6. The molecule has 1 aliphatic carbocycles. The lowest BCUT2D eigenvalue weighted by atomic mass is 9.98. The molecule has 1 saturated carbocycles. The molecule has 2 saturated heterocycles. The Balaban J connectivity index is 1.14. The van der Waals surface area contributed by atoms with Crippen molar-refractivity contribution in [3.63, 3.8) is 0 Å². The van der Waals surface area contributed by atoms with E-state index in [4.69, 9.17) is 4.98 Å². The van der Waals surface area contributed by atoms with Crippen LogP contribution >= 0.6 is 0 Å². The number of piperazine rings is 1. The number of piperidine rings is 1. The highest BCUT2D eigenvalue weighted by molar-refractivity contribution is 5.74. The van der Waals surface area contributed by atoms with Gasteiger partial charge in [-0.3, -0.25) is 19.2 Å². The molecule has 6 rings (SSSR count). The number of pyridine rings is 1. The Morgan fingerprint density at radius 1 is 1.03 bits per heavy atom. The summed E-state index contributed by atoms with van der Waals surface area (Å²) in [5, 5.41) is 0.612. The van der Waals surface area contributed by atoms with Crippen LogP contribution in [-0.2, 0) is 6.54 Å². The number of anilines is 1. The van der Waals surface area contributed by atoms with E-state index in [-0.39, 0.29) is 17.4 Å². The molecule has 3 aromatic rings. The summed E-state index contributed by atoms with van der Waals surface area (Å²) in [6.45, 7) is 9.58. The molecule has 196 valence electrons. The topological polar surface area (TPSA) is 57.5 Å². The Morgan fingerprint density at radius 3 is 2.57 bits per heavy atom. The summed E-state index contributed by atoms with van der Waals surface area (Å²) in [6, 6.07) is 10.5. The fourth-order valence-electron chi connectivity index (χ4n) is 6.23. The fourth-order valence-corrected chi connectivity index (χ4v) is 6.23. The van der Waals surface area contributed by atoms with E-state index in [1.807, 2.05) is 35.8 Å². The molecule has 0 unspecified atom stereocenters. The monoisotopic (exact) mass is 504 g/mol. The van der Waals surface area contributed by atoms with Crippen molar-refractivity contribution in [2.75, 3.05) is 37.6 Å². The first-order chi connectivity index (χ1) is 18.0. The summed E-state index contributed by atoms with van der Waals surface area (Å²) in [6.07, 6.45) is 7.08. The maximum Gasteiger partial charge on any atom is 0.264 e. The lowest BCUT2D eigenvalue weighted by molar-refractivity contribution is 0.0604. The van der Waals surface area contributed by atoms with E-state index in [0.29, 0.717) is 29.7 Å². The molecule has 4 heterocycles. The zero-order valence-corrected chi connectivity index (χ0v) is 21.9. The third-order valence-electron chi connectivity index (χ3n) is 8.48. The Hall–Kier alpha value is -2.84. The molecular weight excluding hydrogens is 467 g/mol. The SMILES string of the molecule is CC[C@H]1CN(c2nc3ncccc3c(=O)n2C2CC2)CCN1C1CCN(Cc2ccc(C)cc2F)CC1. The lowest BCUT2D eigenvalue weighted by Gasteiger charge is -2.47. The van der Waals surface area contributed by atoms with Crippen molar-refractivity contribution in [3.8, 4) is 0 Å². The quantitative estimate of drug-likeness (QED) is 0.503. The summed E-state index contributed by atoms with van der Waals surface area (Å²) in [7, 11) is 0. The van der Waals surface area contributed by atoms with E-state index in [2.05, 4.69) is 26.6 Å². The lowest BCUT2D eigenvalue weighted by Crippen LogP contribution is -2.59. The average molecular weight is 505 g/mol. The number of halogens is 1. The van der Waals surface area contributed by atoms with Gasteiger partial charge in [0, 0.05) is 56.1 Å². The largest absolute Gasteiger partial charge is 0.339 e. The third-order valence-corrected chi connectivity index (χ3v) is 8.48. The molecule has 37 heavy (non-hydrogen) atoms. The number of benzene rings is 1. The molecule has 0 radical (unpaired) electrons. The molecule has 1 aromatic carbocycles. The van der Waals surface area contributed by atoms with Crippen LogP contribution in [0.3, 0.4) is 0 Å². The highest BCUT2D eigenvalue weighted by Crippen LogP contribution is 2.37. The third kappa shape index (κ3) is 4.89. The first-order valence-corrected chi connectivity index (χ1v) is 13.9. The van der Waals surface area contributed by atoms with Crippen LogP contribution in [-0.4, -0.2) is 69.1 Å². The van der Waals surface area contributed by atoms with Crippen molar-refractivity contribution < 1.29 is 4.39 Å². The number of aryl methyl sites for hydroxylation is 1. The van der Waals surface area contributed by atoms with Gasteiger partial charge >= 0.3 is 0 Å². The predicted octanol–water partition coefficient (Wildman–Crippen LogP) is 4.14. The van der Waals surface area contributed by atoms with Crippen molar-refractivity contribution in [3.05, 3.63) is 63.8 Å². The van der Waals surface area contributed by atoms with Crippen LogP contribution in [0.4, 0.5) is 10.3 Å². The van der Waals surface area contributed by atoms with Gasteiger partial charge in [0.1, 0.15) is 5.82 Å². The number of hydrogen-bond acceptors (Lipinski definition) is 6. The summed E-state index contributed by atoms with van der Waals surface area (Å²) in [5.41, 5.74) is 2.35. The Bertz CT molecular complexity index is 1330. The highest BCUT2D eigenvalue weighted by atomic mass is 19.1. The zero-order valence-electron chi connectivity index (χ0n) is 21.9. The minimum Gasteiger partial charge on any atom is -0.339 e. The molecule has 0 spiro atoms. The zero-order chi connectivity index (χ0) is 25.5. The van der Waals surface area contributed by atoms with Gasteiger partial charge in [-0.1, -0.05) is 19.1 Å². The van der Waals surface area contributed by atoms with E-state index in [1.165, 1.54) is 0 Å². The molecule has 0 N–H and O–H groups in total. The van der Waals surface area contributed by atoms with Crippen molar-refractivity contribution in [1.82, 2.24) is 24.3 Å². The van der Waals surface area contributed by atoms with Crippen molar-refractivity contribution in [1.29, 1.82) is 0 Å². The van der Waals surface area contributed by atoms with E-state index in [0.717, 1.165) is 81.9 Å². The summed E-state index contributed by atoms with van der Waals surface area (Å²) < 4.78 is 16.3. The summed E-state index contributed by atoms with van der Waals surface area (Å²) in [5.74, 6) is 0.707. The highest BCUT2D eigenvalue weighted by Gasteiger charge is 2.36. The number of aromatic nitrogens is 3. The van der Waals surface area contributed by atoms with Crippen LogP contribution in [0.5, 0.6) is 0 Å². The molecule has 1 atom stereocenters. The van der Waals surface area contributed by atoms with Crippen LogP contribution in [0, 0.1) is 12.7 Å². The van der Waals surface area contributed by atoms with Gasteiger partial charge in [0.25, 0.3) is 5.56 Å². The first-order valence-electron chi connectivity index (χ1n) is 13.9. The number of hydrogen-bond donors (Lipinski definition) is 0. The van der Waals surface area contributed by atoms with Gasteiger partial charge < -0.3 is 4.90 Å². The Labute approximate surface area is 217 Å². The second kappa shape index (κ2) is 10.1. The van der Waals surface area contributed by atoms with Gasteiger partial charge in [-0.05, 0) is 75.9 Å². The molecule has 7 nitrogen and oxygen atoms in total. The normalized spacial score (nSPS) is 22.1. The van der Waals surface area contributed by atoms with Gasteiger partial charge in [-0.15, -0.1) is 0 Å². The Kier molecular flexibility index (Phi) is 6.71. The van der Waals surface area contributed by atoms with Crippen molar-refractivity contribution in [2.45, 2.75) is 70.6 Å². The second-order valence-electron chi connectivity index (χ2n) is 11.0. The smallest absolute Gasteiger partial charge is 0.264 e. The molecule has 0 amide bonds. The van der Waals surface area contributed by atoms with Gasteiger partial charge in [0.15, 0.2) is 5.65 Å². The molecule has 2 aromatic heterocycles. The second-order valence-corrected chi connectivity index (χ2v) is 11.0. The molecule has 3 aliphatic rings. The fraction of sp³-hybridized carbons (Fsp3) is 0.552. The maximum absolute atomic E-state index is 14.4. The van der Waals surface area contributed by atoms with Crippen LogP contribution in [0.1, 0.15) is 56.2 Å². The van der Waals surface area contributed by atoms with Crippen LogP contribution in [0.2, 0.25) is 0 Å². The van der Waals surface area contributed by atoms with Crippen molar-refractivity contribution in [2.24, 2.45) is 0 Å². The number of fused-ring (bicyclic) bond motifs is 1. The van der Waals surface area contributed by atoms with Gasteiger partial charge in [-0.2, -0.15) is 4.98 Å². The van der Waals surface area contributed by atoms with Crippen LogP contribution < -0.4 is 10.5 Å². The minimum atomic E-state index is -0.0912. The van der Waals surface area contributed by atoms with E-state index >= 15 is 0 Å². The summed E-state index contributed by atoms with van der Waals surface area (Å²) >= 11 is 0. The number of rotatable bonds is 6. The van der Waals surface area contributed by atoms with E-state index in [1.54, 1.807) is 12.3 Å². The van der Waals surface area contributed by atoms with Gasteiger partial charge in [0.05, 0.1) is 5.39 Å². The minimum absolute atomic E-state index is 0.0449. The maximum atomic E-state index is 14.4. The van der Waals surface area contributed by atoms with Gasteiger partial charge in [-0.25, -0.2) is 9.37 Å². The van der Waals surface area contributed by atoms with E-state index < -0.39 is 0 Å². The van der Waals surface area contributed by atoms with Crippen LogP contribution in [0.15, 0.2) is 41.3 Å². The Morgan fingerprint density at radius 2 is 1.84 bits per heavy atom. The van der Waals surface area contributed by atoms with E-state index in [9.17, 15) is 9.18 Å². The molecule has 3 fully saturated rings. The van der Waals surface area contributed by atoms with Gasteiger partial charge in [0.2, 0.25) is 5.95 Å². The first kappa shape index (κ1) is 24.5. The molecule has 2 aliphatic heterocycles. The molecule has 0 bridgehead atoms. The number of likely N-dealkylation sites (tertiary alicyclic amines) is 1. The average Bonchev–Trinajstić information content (AvgIpc) is 3.75. The van der Waals surface area contributed by atoms with Crippen molar-refractivity contribution >= 4 is 17.0 Å². The van der Waals surface area contributed by atoms with Crippen LogP contribution in [0.25, 0.3) is 11.0 Å². The predicted molar refractivity (Wildman–Crippen MR) is 145 cm³/mol. The molecule has 8 heteroatoms. The molecular formula is C29H37FN6O. The summed E-state index contributed by atoms with van der Waals surface area (Å²) in [4.78, 5) is 30.1. The standard InChI is InChI=1S/C29H37FN6O/c1-3-22-19-34(29-32-27-25(5-4-12-31-27)28(37)36(29)24-8-9-24)15-16-35(22)23-10-13-33(14-11-23)18-21-7-6-20(2)17-26(21)30/h4-7,12,17,22-24H,3,8-11,13-16,18-19H2,1-2H3/t22-/m0/s1.